The van der Waals surface area contributed by atoms with E-state index in [1.165, 1.54) is 0 Å². The summed E-state index contributed by atoms with van der Waals surface area (Å²) in [5.74, 6) is 1.36. The molecule has 0 heterocycles. The number of aryl methyl sites for hydroxylation is 1. The molecule has 116 valence electrons. The number of hydrogen-bond acceptors (Lipinski definition) is 3. The second-order valence-electron chi connectivity index (χ2n) is 4.87. The third-order valence-electron chi connectivity index (χ3n) is 3.45. The zero-order valence-corrected chi connectivity index (χ0v) is 13.0. The molecule has 0 unspecified atom stereocenters. The fraction of sp³-hybridized carbons (Fsp3) is 0.278. The van der Waals surface area contributed by atoms with Crippen LogP contribution in [0.1, 0.15) is 22.3 Å². The molecule has 2 aromatic carbocycles. The highest BCUT2D eigenvalue weighted by Gasteiger charge is 2.10. The van der Waals surface area contributed by atoms with Gasteiger partial charge in [-0.2, -0.15) is 0 Å². The molecule has 4 nitrogen and oxygen atoms in total. The molecule has 0 aliphatic heterocycles. The third kappa shape index (κ3) is 4.01. The Morgan fingerprint density at radius 2 is 1.59 bits per heavy atom. The van der Waals surface area contributed by atoms with Gasteiger partial charge < -0.3 is 14.8 Å². The van der Waals surface area contributed by atoms with Crippen LogP contribution >= 0.6 is 0 Å². The number of carbonyl (C=O) groups excluding carboxylic acids is 1. The molecule has 4 heteroatoms. The summed E-state index contributed by atoms with van der Waals surface area (Å²) in [7, 11) is 3.23. The molecule has 1 N–H and O–H groups in total. The van der Waals surface area contributed by atoms with E-state index in [1.54, 1.807) is 26.4 Å². The quantitative estimate of drug-likeness (QED) is 0.799. The molecule has 1 amide bonds. The summed E-state index contributed by atoms with van der Waals surface area (Å²) in [6.45, 7) is 0.606. The first-order valence-electron chi connectivity index (χ1n) is 7.29. The summed E-state index contributed by atoms with van der Waals surface area (Å²) < 4.78 is 10.5. The van der Waals surface area contributed by atoms with E-state index in [9.17, 15) is 4.79 Å². The topological polar surface area (TPSA) is 47.6 Å². The van der Waals surface area contributed by atoms with Crippen LogP contribution in [0.4, 0.5) is 0 Å². The highest BCUT2D eigenvalue weighted by atomic mass is 16.5. The van der Waals surface area contributed by atoms with Crippen molar-refractivity contribution < 1.29 is 14.3 Å². The Morgan fingerprint density at radius 1 is 0.955 bits per heavy atom. The molecule has 0 radical (unpaired) electrons. The van der Waals surface area contributed by atoms with Crippen molar-refractivity contribution in [2.24, 2.45) is 0 Å². The van der Waals surface area contributed by atoms with Crippen LogP contribution in [0.5, 0.6) is 11.5 Å². The van der Waals surface area contributed by atoms with Gasteiger partial charge >= 0.3 is 0 Å². The third-order valence-corrected chi connectivity index (χ3v) is 3.45. The normalized spacial score (nSPS) is 10.1. The summed E-state index contributed by atoms with van der Waals surface area (Å²) in [4.78, 5) is 12.1. The fourth-order valence-electron chi connectivity index (χ4n) is 2.32. The number of benzene rings is 2. The minimum absolute atomic E-state index is 0.113. The fourth-order valence-corrected chi connectivity index (χ4v) is 2.32. The molecule has 0 atom stereocenters. The van der Waals surface area contributed by atoms with Crippen molar-refractivity contribution in [2.45, 2.75) is 12.8 Å². The number of methoxy groups -OCH3 is 2. The maximum absolute atomic E-state index is 12.1. The standard InChI is InChI=1S/C18H21NO3/c1-21-16-11-5-3-8-14(16)9-7-13-19-18(20)15-10-4-6-12-17(15)22-2/h3-6,8,10-12H,7,9,13H2,1-2H3,(H,19,20). The van der Waals surface area contributed by atoms with Crippen LogP contribution in [0.25, 0.3) is 0 Å². The lowest BCUT2D eigenvalue weighted by Crippen LogP contribution is -2.25. The average molecular weight is 299 g/mol. The molecular formula is C18H21NO3. The maximum atomic E-state index is 12.1. The maximum Gasteiger partial charge on any atom is 0.255 e. The average Bonchev–Trinajstić information content (AvgIpc) is 2.58. The van der Waals surface area contributed by atoms with Gasteiger partial charge in [0.15, 0.2) is 0 Å². The predicted molar refractivity (Wildman–Crippen MR) is 86.6 cm³/mol. The number of amides is 1. The second-order valence-corrected chi connectivity index (χ2v) is 4.87. The van der Waals surface area contributed by atoms with Crippen molar-refractivity contribution in [3.63, 3.8) is 0 Å². The SMILES string of the molecule is COc1ccccc1CCCNC(=O)c1ccccc1OC. The first-order valence-corrected chi connectivity index (χ1v) is 7.29. The van der Waals surface area contributed by atoms with Gasteiger partial charge in [-0.1, -0.05) is 30.3 Å². The van der Waals surface area contributed by atoms with Gasteiger partial charge in [0.1, 0.15) is 11.5 Å². The Morgan fingerprint density at radius 3 is 2.32 bits per heavy atom. The monoisotopic (exact) mass is 299 g/mol. The molecule has 0 bridgehead atoms. The summed E-state index contributed by atoms with van der Waals surface area (Å²) in [5, 5.41) is 2.92. The largest absolute Gasteiger partial charge is 0.496 e. The van der Waals surface area contributed by atoms with Crippen LogP contribution < -0.4 is 14.8 Å². The van der Waals surface area contributed by atoms with Crippen LogP contribution in [-0.2, 0) is 6.42 Å². The lowest BCUT2D eigenvalue weighted by molar-refractivity contribution is 0.0950. The summed E-state index contributed by atoms with van der Waals surface area (Å²) in [6.07, 6.45) is 1.71. The first-order chi connectivity index (χ1) is 10.8. The number of hydrogen-bond donors (Lipinski definition) is 1. The van der Waals surface area contributed by atoms with E-state index in [0.717, 1.165) is 24.2 Å². The van der Waals surface area contributed by atoms with Gasteiger partial charge in [-0.05, 0) is 36.6 Å². The molecular weight excluding hydrogens is 278 g/mol. The Balaban J connectivity index is 1.85. The van der Waals surface area contributed by atoms with Crippen LogP contribution in [0.3, 0.4) is 0 Å². The van der Waals surface area contributed by atoms with Gasteiger partial charge in [-0.25, -0.2) is 0 Å². The van der Waals surface area contributed by atoms with Gasteiger partial charge in [0.2, 0.25) is 0 Å². The van der Waals surface area contributed by atoms with Crippen molar-refractivity contribution >= 4 is 5.91 Å². The van der Waals surface area contributed by atoms with Gasteiger partial charge in [0.05, 0.1) is 19.8 Å². The molecule has 0 aromatic heterocycles. The zero-order chi connectivity index (χ0) is 15.8. The van der Waals surface area contributed by atoms with E-state index < -0.39 is 0 Å². The number of carbonyl (C=O) groups is 1. The van der Waals surface area contributed by atoms with E-state index >= 15 is 0 Å². The number of ether oxygens (including phenoxy) is 2. The highest BCUT2D eigenvalue weighted by molar-refractivity contribution is 5.96. The van der Waals surface area contributed by atoms with Crippen molar-refractivity contribution in [1.29, 1.82) is 0 Å². The summed E-state index contributed by atoms with van der Waals surface area (Å²) >= 11 is 0. The van der Waals surface area contributed by atoms with Gasteiger partial charge in [0.25, 0.3) is 5.91 Å². The van der Waals surface area contributed by atoms with Gasteiger partial charge in [-0.15, -0.1) is 0 Å². The smallest absolute Gasteiger partial charge is 0.255 e. The number of para-hydroxylation sites is 2. The Bertz CT molecular complexity index is 625. The minimum atomic E-state index is -0.113. The predicted octanol–water partition coefficient (Wildman–Crippen LogP) is 3.07. The van der Waals surface area contributed by atoms with Crippen molar-refractivity contribution in [2.75, 3.05) is 20.8 Å². The second kappa shape index (κ2) is 8.08. The lowest BCUT2D eigenvalue weighted by atomic mass is 10.1. The Hall–Kier alpha value is -2.49. The summed E-state index contributed by atoms with van der Waals surface area (Å²) in [6, 6.07) is 15.1. The van der Waals surface area contributed by atoms with Crippen LogP contribution in [-0.4, -0.2) is 26.7 Å². The molecule has 0 saturated carbocycles. The molecule has 0 fully saturated rings. The first kappa shape index (κ1) is 15.9. The van der Waals surface area contributed by atoms with E-state index in [1.807, 2.05) is 36.4 Å². The molecule has 0 saturated heterocycles. The van der Waals surface area contributed by atoms with E-state index in [4.69, 9.17) is 9.47 Å². The van der Waals surface area contributed by atoms with E-state index in [0.29, 0.717) is 17.9 Å². The van der Waals surface area contributed by atoms with E-state index in [2.05, 4.69) is 5.32 Å². The molecule has 2 aromatic rings. The summed E-state index contributed by atoms with van der Waals surface area (Å²) in [5.41, 5.74) is 1.71. The highest BCUT2D eigenvalue weighted by Crippen LogP contribution is 2.19. The minimum Gasteiger partial charge on any atom is -0.496 e. The molecule has 0 aliphatic carbocycles. The van der Waals surface area contributed by atoms with Crippen LogP contribution in [0, 0.1) is 0 Å². The number of nitrogens with one attached hydrogen (secondary N) is 1. The molecule has 2 rings (SSSR count). The number of rotatable bonds is 7. The Kier molecular flexibility index (Phi) is 5.83. The molecule has 0 aliphatic rings. The van der Waals surface area contributed by atoms with Crippen molar-refractivity contribution in [3.8, 4) is 11.5 Å². The van der Waals surface area contributed by atoms with Crippen molar-refractivity contribution in [3.05, 3.63) is 59.7 Å². The lowest BCUT2D eigenvalue weighted by Gasteiger charge is -2.10. The Labute approximate surface area is 131 Å². The van der Waals surface area contributed by atoms with Crippen molar-refractivity contribution in [1.82, 2.24) is 5.32 Å². The van der Waals surface area contributed by atoms with Gasteiger partial charge in [0, 0.05) is 6.54 Å². The van der Waals surface area contributed by atoms with E-state index in [-0.39, 0.29) is 5.91 Å². The zero-order valence-electron chi connectivity index (χ0n) is 13.0. The molecule has 0 spiro atoms. The van der Waals surface area contributed by atoms with Crippen LogP contribution in [0.2, 0.25) is 0 Å². The van der Waals surface area contributed by atoms with Gasteiger partial charge in [-0.3, -0.25) is 4.79 Å². The molecule has 22 heavy (non-hydrogen) atoms. The van der Waals surface area contributed by atoms with Crippen LogP contribution in [0.15, 0.2) is 48.5 Å².